The SMILES string of the molecule is CCCCc1ccc(NC(=O)Nc2cccc(F)c2C)cc1. The van der Waals surface area contributed by atoms with Gasteiger partial charge in [-0.05, 0) is 49.6 Å². The molecule has 2 amide bonds. The molecule has 116 valence electrons. The molecule has 2 aromatic rings. The van der Waals surface area contributed by atoms with E-state index in [1.807, 2.05) is 24.3 Å². The number of halogens is 1. The second-order valence-corrected chi connectivity index (χ2v) is 5.29. The van der Waals surface area contributed by atoms with Crippen molar-refractivity contribution in [2.24, 2.45) is 0 Å². The van der Waals surface area contributed by atoms with Gasteiger partial charge in [0.2, 0.25) is 0 Å². The summed E-state index contributed by atoms with van der Waals surface area (Å²) in [6.45, 7) is 3.79. The molecule has 0 bridgehead atoms. The molecular formula is C18H21FN2O. The minimum Gasteiger partial charge on any atom is -0.308 e. The fraction of sp³-hybridized carbons (Fsp3) is 0.278. The van der Waals surface area contributed by atoms with Crippen molar-refractivity contribution in [2.45, 2.75) is 33.1 Å². The topological polar surface area (TPSA) is 41.1 Å². The highest BCUT2D eigenvalue weighted by Crippen LogP contribution is 2.18. The van der Waals surface area contributed by atoms with Crippen LogP contribution in [0.4, 0.5) is 20.6 Å². The van der Waals surface area contributed by atoms with Gasteiger partial charge in [-0.3, -0.25) is 0 Å². The van der Waals surface area contributed by atoms with Crippen LogP contribution >= 0.6 is 0 Å². The summed E-state index contributed by atoms with van der Waals surface area (Å²) in [6, 6.07) is 12.0. The molecule has 4 heteroatoms. The fourth-order valence-corrected chi connectivity index (χ4v) is 2.16. The summed E-state index contributed by atoms with van der Waals surface area (Å²) < 4.78 is 13.4. The van der Waals surface area contributed by atoms with E-state index in [2.05, 4.69) is 17.6 Å². The number of rotatable bonds is 5. The van der Waals surface area contributed by atoms with Crippen LogP contribution in [0.1, 0.15) is 30.9 Å². The molecule has 0 heterocycles. The van der Waals surface area contributed by atoms with Crippen LogP contribution < -0.4 is 10.6 Å². The summed E-state index contributed by atoms with van der Waals surface area (Å²) >= 11 is 0. The van der Waals surface area contributed by atoms with Gasteiger partial charge in [0.1, 0.15) is 5.82 Å². The highest BCUT2D eigenvalue weighted by atomic mass is 19.1. The Morgan fingerprint density at radius 2 is 1.82 bits per heavy atom. The van der Waals surface area contributed by atoms with Gasteiger partial charge in [-0.15, -0.1) is 0 Å². The van der Waals surface area contributed by atoms with Crippen LogP contribution in [0.5, 0.6) is 0 Å². The Bertz CT molecular complexity index is 638. The molecule has 0 fully saturated rings. The van der Waals surface area contributed by atoms with E-state index >= 15 is 0 Å². The summed E-state index contributed by atoms with van der Waals surface area (Å²) in [4.78, 5) is 12.0. The molecule has 0 aromatic heterocycles. The van der Waals surface area contributed by atoms with E-state index in [9.17, 15) is 9.18 Å². The quantitative estimate of drug-likeness (QED) is 0.790. The number of urea groups is 1. The Kier molecular flexibility index (Phi) is 5.53. The highest BCUT2D eigenvalue weighted by Gasteiger charge is 2.07. The molecule has 0 aliphatic carbocycles. The largest absolute Gasteiger partial charge is 0.323 e. The van der Waals surface area contributed by atoms with Crippen LogP contribution in [0, 0.1) is 12.7 Å². The predicted octanol–water partition coefficient (Wildman–Crippen LogP) is 5.12. The maximum absolute atomic E-state index is 13.4. The molecule has 22 heavy (non-hydrogen) atoms. The summed E-state index contributed by atoms with van der Waals surface area (Å²) in [7, 11) is 0. The van der Waals surface area contributed by atoms with Crippen molar-refractivity contribution < 1.29 is 9.18 Å². The second kappa shape index (κ2) is 7.59. The lowest BCUT2D eigenvalue weighted by Crippen LogP contribution is -2.20. The number of amides is 2. The van der Waals surface area contributed by atoms with Gasteiger partial charge in [0.05, 0.1) is 0 Å². The summed E-state index contributed by atoms with van der Waals surface area (Å²) in [5, 5.41) is 5.41. The zero-order valence-electron chi connectivity index (χ0n) is 12.9. The molecule has 0 aliphatic heterocycles. The molecule has 2 N–H and O–H groups in total. The average molecular weight is 300 g/mol. The van der Waals surface area contributed by atoms with E-state index < -0.39 is 0 Å². The van der Waals surface area contributed by atoms with Gasteiger partial charge < -0.3 is 10.6 Å². The molecule has 0 saturated carbocycles. The Labute approximate surface area is 130 Å². The van der Waals surface area contributed by atoms with Gasteiger partial charge in [0.15, 0.2) is 0 Å². The monoisotopic (exact) mass is 300 g/mol. The lowest BCUT2D eigenvalue weighted by atomic mass is 10.1. The minimum absolute atomic E-state index is 0.335. The van der Waals surface area contributed by atoms with Crippen molar-refractivity contribution >= 4 is 17.4 Å². The van der Waals surface area contributed by atoms with E-state index in [0.29, 0.717) is 16.9 Å². The van der Waals surface area contributed by atoms with Crippen molar-refractivity contribution in [1.29, 1.82) is 0 Å². The van der Waals surface area contributed by atoms with Crippen LogP contribution in [0.25, 0.3) is 0 Å². The predicted molar refractivity (Wildman–Crippen MR) is 88.8 cm³/mol. The summed E-state index contributed by atoms with van der Waals surface area (Å²) in [6.07, 6.45) is 3.37. The normalized spacial score (nSPS) is 10.3. The molecule has 2 aromatic carbocycles. The molecule has 0 unspecified atom stereocenters. The fourth-order valence-electron chi connectivity index (χ4n) is 2.16. The standard InChI is InChI=1S/C18H21FN2O/c1-3-4-6-14-9-11-15(12-10-14)20-18(22)21-17-8-5-7-16(19)13(17)2/h5,7-12H,3-4,6H2,1-2H3,(H2,20,21,22). The lowest BCUT2D eigenvalue weighted by Gasteiger charge is -2.10. The van der Waals surface area contributed by atoms with E-state index in [-0.39, 0.29) is 11.8 Å². The Morgan fingerprint density at radius 1 is 1.09 bits per heavy atom. The zero-order valence-corrected chi connectivity index (χ0v) is 12.9. The Morgan fingerprint density at radius 3 is 2.50 bits per heavy atom. The van der Waals surface area contributed by atoms with Crippen LogP contribution in [0.15, 0.2) is 42.5 Å². The zero-order chi connectivity index (χ0) is 15.9. The third-order valence-corrected chi connectivity index (χ3v) is 3.55. The first-order chi connectivity index (χ1) is 10.6. The van der Waals surface area contributed by atoms with Crippen molar-refractivity contribution in [2.75, 3.05) is 10.6 Å². The number of nitrogens with one attached hydrogen (secondary N) is 2. The maximum atomic E-state index is 13.4. The van der Waals surface area contributed by atoms with E-state index in [4.69, 9.17) is 0 Å². The number of hydrogen-bond acceptors (Lipinski definition) is 1. The Balaban J connectivity index is 1.95. The molecule has 0 aliphatic rings. The number of hydrogen-bond donors (Lipinski definition) is 2. The number of carbonyl (C=O) groups excluding carboxylic acids is 1. The molecule has 0 atom stereocenters. The van der Waals surface area contributed by atoms with E-state index in [1.54, 1.807) is 19.1 Å². The minimum atomic E-state index is -0.380. The molecule has 0 spiro atoms. The number of aryl methyl sites for hydroxylation is 1. The smallest absolute Gasteiger partial charge is 0.308 e. The molecule has 2 rings (SSSR count). The molecule has 0 saturated heterocycles. The van der Waals surface area contributed by atoms with Crippen molar-refractivity contribution in [3.8, 4) is 0 Å². The van der Waals surface area contributed by atoms with Crippen LogP contribution in [0.3, 0.4) is 0 Å². The maximum Gasteiger partial charge on any atom is 0.323 e. The first-order valence-corrected chi connectivity index (χ1v) is 7.52. The molecule has 3 nitrogen and oxygen atoms in total. The van der Waals surface area contributed by atoms with E-state index in [1.165, 1.54) is 11.6 Å². The van der Waals surface area contributed by atoms with Crippen LogP contribution in [-0.2, 0) is 6.42 Å². The first kappa shape index (κ1) is 16.0. The van der Waals surface area contributed by atoms with Gasteiger partial charge in [-0.2, -0.15) is 0 Å². The first-order valence-electron chi connectivity index (χ1n) is 7.52. The number of carbonyl (C=O) groups is 1. The van der Waals surface area contributed by atoms with Gasteiger partial charge in [0.25, 0.3) is 0 Å². The van der Waals surface area contributed by atoms with Crippen LogP contribution in [-0.4, -0.2) is 6.03 Å². The average Bonchev–Trinajstić information content (AvgIpc) is 2.51. The van der Waals surface area contributed by atoms with Gasteiger partial charge in [0, 0.05) is 16.9 Å². The van der Waals surface area contributed by atoms with Crippen molar-refractivity contribution in [1.82, 2.24) is 0 Å². The Hall–Kier alpha value is -2.36. The van der Waals surface area contributed by atoms with Crippen molar-refractivity contribution in [3.05, 3.63) is 59.4 Å². The van der Waals surface area contributed by atoms with E-state index in [0.717, 1.165) is 19.3 Å². The number of benzene rings is 2. The third-order valence-electron chi connectivity index (χ3n) is 3.55. The van der Waals surface area contributed by atoms with Gasteiger partial charge in [-0.25, -0.2) is 9.18 Å². The number of anilines is 2. The second-order valence-electron chi connectivity index (χ2n) is 5.29. The molecular weight excluding hydrogens is 279 g/mol. The highest BCUT2D eigenvalue weighted by molar-refractivity contribution is 6.00. The third kappa shape index (κ3) is 4.32. The number of unbranched alkanes of at least 4 members (excludes halogenated alkanes) is 1. The van der Waals surface area contributed by atoms with Crippen LogP contribution in [0.2, 0.25) is 0 Å². The van der Waals surface area contributed by atoms with Crippen molar-refractivity contribution in [3.63, 3.8) is 0 Å². The van der Waals surface area contributed by atoms with Gasteiger partial charge in [-0.1, -0.05) is 31.5 Å². The molecule has 0 radical (unpaired) electrons. The lowest BCUT2D eigenvalue weighted by molar-refractivity contribution is 0.262. The summed E-state index contributed by atoms with van der Waals surface area (Å²) in [5.41, 5.74) is 2.87. The summed E-state index contributed by atoms with van der Waals surface area (Å²) in [5.74, 6) is -0.335. The van der Waals surface area contributed by atoms with Gasteiger partial charge >= 0.3 is 6.03 Å².